The highest BCUT2D eigenvalue weighted by atomic mass is 16.4. The van der Waals surface area contributed by atoms with E-state index >= 15 is 0 Å². The highest BCUT2D eigenvalue weighted by Gasteiger charge is 2.23. The maximum absolute atomic E-state index is 11.1. The number of carbonyl (C=O) groups is 1. The smallest absolute Gasteiger partial charge is 0.317 e. The van der Waals surface area contributed by atoms with Gasteiger partial charge in [-0.15, -0.1) is 0 Å². The van der Waals surface area contributed by atoms with E-state index in [-0.39, 0.29) is 12.6 Å². The number of aromatic nitrogens is 2. The SMILES string of the molecule is Cc1nn(C)c(C)c1C(C)N(CCN(C)C)CC(=O)O. The van der Waals surface area contributed by atoms with Crippen molar-refractivity contribution in [3.05, 3.63) is 17.0 Å². The molecule has 114 valence electrons. The summed E-state index contributed by atoms with van der Waals surface area (Å²) in [5.74, 6) is -0.796. The van der Waals surface area contributed by atoms with Crippen LogP contribution in [0.4, 0.5) is 0 Å². The number of hydrogen-bond acceptors (Lipinski definition) is 4. The third-order valence-electron chi connectivity index (χ3n) is 3.70. The van der Waals surface area contributed by atoms with E-state index in [0.29, 0.717) is 6.54 Å². The minimum atomic E-state index is -0.796. The Morgan fingerprint density at radius 3 is 2.35 bits per heavy atom. The first kappa shape index (κ1) is 16.7. The molecule has 0 bridgehead atoms. The predicted molar refractivity (Wildman–Crippen MR) is 78.9 cm³/mol. The molecule has 1 unspecified atom stereocenters. The molecule has 0 fully saturated rings. The summed E-state index contributed by atoms with van der Waals surface area (Å²) in [5.41, 5.74) is 3.19. The lowest BCUT2D eigenvalue weighted by Crippen LogP contribution is -2.37. The molecule has 0 spiro atoms. The lowest BCUT2D eigenvalue weighted by atomic mass is 10.0. The number of carboxylic acid groups (broad SMARTS) is 1. The Morgan fingerprint density at radius 1 is 1.35 bits per heavy atom. The molecule has 1 aromatic rings. The fourth-order valence-electron chi connectivity index (χ4n) is 2.49. The average Bonchev–Trinajstić information content (AvgIpc) is 2.57. The fourth-order valence-corrected chi connectivity index (χ4v) is 2.49. The highest BCUT2D eigenvalue weighted by Crippen LogP contribution is 2.25. The molecule has 0 aliphatic carbocycles. The predicted octanol–water partition coefficient (Wildman–Crippen LogP) is 1.05. The number of likely N-dealkylation sites (N-methyl/N-ethyl adjacent to an activating group) is 1. The lowest BCUT2D eigenvalue weighted by molar-refractivity contribution is -0.138. The van der Waals surface area contributed by atoms with Gasteiger partial charge in [0.05, 0.1) is 12.2 Å². The zero-order valence-electron chi connectivity index (χ0n) is 13.3. The van der Waals surface area contributed by atoms with Gasteiger partial charge < -0.3 is 10.0 Å². The van der Waals surface area contributed by atoms with Crippen LogP contribution in [0.25, 0.3) is 0 Å². The van der Waals surface area contributed by atoms with Gasteiger partial charge in [-0.05, 0) is 34.9 Å². The summed E-state index contributed by atoms with van der Waals surface area (Å²) >= 11 is 0. The van der Waals surface area contributed by atoms with Gasteiger partial charge in [-0.25, -0.2) is 0 Å². The lowest BCUT2D eigenvalue weighted by Gasteiger charge is -2.29. The largest absolute Gasteiger partial charge is 0.480 e. The molecule has 1 rings (SSSR count). The molecule has 1 heterocycles. The van der Waals surface area contributed by atoms with E-state index in [1.54, 1.807) is 0 Å². The third kappa shape index (κ3) is 4.05. The van der Waals surface area contributed by atoms with Crippen LogP contribution in [0.2, 0.25) is 0 Å². The summed E-state index contributed by atoms with van der Waals surface area (Å²) in [6, 6.07) is 0.0414. The van der Waals surface area contributed by atoms with E-state index < -0.39 is 5.97 Å². The van der Waals surface area contributed by atoms with Gasteiger partial charge in [0.25, 0.3) is 0 Å². The van der Waals surface area contributed by atoms with Crippen molar-refractivity contribution in [3.8, 4) is 0 Å². The number of aliphatic carboxylic acids is 1. The summed E-state index contributed by atoms with van der Waals surface area (Å²) in [4.78, 5) is 15.1. The summed E-state index contributed by atoms with van der Waals surface area (Å²) in [6.45, 7) is 7.64. The third-order valence-corrected chi connectivity index (χ3v) is 3.70. The molecule has 6 heteroatoms. The Kier molecular flexibility index (Phi) is 5.71. The summed E-state index contributed by atoms with van der Waals surface area (Å²) in [6.07, 6.45) is 0. The van der Waals surface area contributed by atoms with Crippen LogP contribution in [0.15, 0.2) is 0 Å². The van der Waals surface area contributed by atoms with Crippen LogP contribution in [-0.4, -0.2) is 64.4 Å². The Morgan fingerprint density at radius 2 is 1.95 bits per heavy atom. The molecular formula is C14H26N4O2. The number of rotatable bonds is 7. The van der Waals surface area contributed by atoms with Crippen molar-refractivity contribution >= 4 is 5.97 Å². The molecule has 20 heavy (non-hydrogen) atoms. The first-order valence-corrected chi connectivity index (χ1v) is 6.84. The normalized spacial score (nSPS) is 13.2. The second kappa shape index (κ2) is 6.85. The minimum absolute atomic E-state index is 0.0414. The fraction of sp³-hybridized carbons (Fsp3) is 0.714. The van der Waals surface area contributed by atoms with Crippen LogP contribution in [0.5, 0.6) is 0 Å². The molecule has 0 aliphatic heterocycles. The Hall–Kier alpha value is -1.40. The molecule has 0 amide bonds. The quantitative estimate of drug-likeness (QED) is 0.810. The molecule has 1 aromatic heterocycles. The van der Waals surface area contributed by atoms with Crippen molar-refractivity contribution in [1.82, 2.24) is 19.6 Å². The summed E-state index contributed by atoms with van der Waals surface area (Å²) in [7, 11) is 5.90. The van der Waals surface area contributed by atoms with Crippen molar-refractivity contribution in [2.24, 2.45) is 7.05 Å². The Labute approximate surface area is 121 Å². The second-order valence-corrected chi connectivity index (χ2v) is 5.55. The van der Waals surface area contributed by atoms with E-state index in [0.717, 1.165) is 23.5 Å². The maximum atomic E-state index is 11.1. The van der Waals surface area contributed by atoms with Crippen molar-refractivity contribution in [1.29, 1.82) is 0 Å². The van der Waals surface area contributed by atoms with Gasteiger partial charge in [0.15, 0.2) is 0 Å². The van der Waals surface area contributed by atoms with Gasteiger partial charge >= 0.3 is 5.97 Å². The molecule has 0 aliphatic rings. The Balaban J connectivity index is 2.96. The zero-order chi connectivity index (χ0) is 15.4. The van der Waals surface area contributed by atoms with Gasteiger partial charge in [-0.2, -0.15) is 5.10 Å². The first-order valence-electron chi connectivity index (χ1n) is 6.84. The zero-order valence-corrected chi connectivity index (χ0v) is 13.3. The molecule has 6 nitrogen and oxygen atoms in total. The Bertz CT molecular complexity index is 468. The van der Waals surface area contributed by atoms with E-state index in [1.807, 2.05) is 44.6 Å². The average molecular weight is 282 g/mol. The molecular weight excluding hydrogens is 256 g/mol. The number of aryl methyl sites for hydroxylation is 2. The summed E-state index contributed by atoms with van der Waals surface area (Å²) < 4.78 is 1.85. The highest BCUT2D eigenvalue weighted by molar-refractivity contribution is 5.69. The first-order chi connectivity index (χ1) is 9.23. The van der Waals surface area contributed by atoms with Crippen LogP contribution < -0.4 is 0 Å². The van der Waals surface area contributed by atoms with Crippen LogP contribution >= 0.6 is 0 Å². The van der Waals surface area contributed by atoms with E-state index in [2.05, 4.69) is 16.9 Å². The number of nitrogens with zero attached hydrogens (tertiary/aromatic N) is 4. The van der Waals surface area contributed by atoms with E-state index in [4.69, 9.17) is 5.11 Å². The van der Waals surface area contributed by atoms with Gasteiger partial charge in [0.2, 0.25) is 0 Å². The van der Waals surface area contributed by atoms with Crippen LogP contribution in [0.3, 0.4) is 0 Å². The van der Waals surface area contributed by atoms with Crippen LogP contribution in [-0.2, 0) is 11.8 Å². The molecule has 1 N–H and O–H groups in total. The van der Waals surface area contributed by atoms with Crippen molar-refractivity contribution in [2.75, 3.05) is 33.7 Å². The minimum Gasteiger partial charge on any atom is -0.480 e. The monoisotopic (exact) mass is 282 g/mol. The molecule has 0 aromatic carbocycles. The van der Waals surface area contributed by atoms with E-state index in [9.17, 15) is 4.79 Å². The van der Waals surface area contributed by atoms with Crippen LogP contribution in [0, 0.1) is 13.8 Å². The van der Waals surface area contributed by atoms with Gasteiger partial charge in [-0.1, -0.05) is 0 Å². The molecule has 0 saturated carbocycles. The van der Waals surface area contributed by atoms with E-state index in [1.165, 1.54) is 0 Å². The molecule has 0 radical (unpaired) electrons. The second-order valence-electron chi connectivity index (χ2n) is 5.55. The van der Waals surface area contributed by atoms with Crippen molar-refractivity contribution < 1.29 is 9.90 Å². The standard InChI is InChI=1S/C14H26N4O2/c1-10-14(11(2)17(6)15-10)12(3)18(9-13(19)20)8-7-16(4)5/h12H,7-9H2,1-6H3,(H,19,20). The van der Waals surface area contributed by atoms with Crippen LogP contribution in [0.1, 0.15) is 29.9 Å². The van der Waals surface area contributed by atoms with Crippen molar-refractivity contribution in [3.63, 3.8) is 0 Å². The van der Waals surface area contributed by atoms with Gasteiger partial charge in [0, 0.05) is 37.4 Å². The van der Waals surface area contributed by atoms with Gasteiger partial charge in [0.1, 0.15) is 0 Å². The topological polar surface area (TPSA) is 61.6 Å². The maximum Gasteiger partial charge on any atom is 0.317 e. The molecule has 0 saturated heterocycles. The summed E-state index contributed by atoms with van der Waals surface area (Å²) in [5, 5.41) is 13.5. The number of hydrogen-bond donors (Lipinski definition) is 1. The van der Waals surface area contributed by atoms with Crippen molar-refractivity contribution in [2.45, 2.75) is 26.8 Å². The number of carboxylic acids is 1. The van der Waals surface area contributed by atoms with Gasteiger partial charge in [-0.3, -0.25) is 14.4 Å². The molecule has 1 atom stereocenters.